The van der Waals surface area contributed by atoms with E-state index in [0.717, 1.165) is 36.3 Å². The van der Waals surface area contributed by atoms with E-state index in [4.69, 9.17) is 0 Å². The van der Waals surface area contributed by atoms with E-state index in [9.17, 15) is 5.11 Å². The van der Waals surface area contributed by atoms with E-state index in [1.165, 1.54) is 19.3 Å². The van der Waals surface area contributed by atoms with Crippen LogP contribution in [-0.2, 0) is 6.42 Å². The molecule has 1 aromatic heterocycles. The number of phenolic OH excluding ortho intramolecular Hbond substituents is 1. The van der Waals surface area contributed by atoms with E-state index in [1.54, 1.807) is 12.3 Å². The van der Waals surface area contributed by atoms with Crippen molar-refractivity contribution in [3.8, 4) is 17.1 Å². The number of hydrogen-bond acceptors (Lipinski definition) is 5. The molecule has 0 amide bonds. The number of rotatable bonds is 5. The number of nitrogens with zero attached hydrogens (tertiary/aromatic N) is 2. The molecule has 3 rings (SSSR count). The quantitative estimate of drug-likeness (QED) is 0.792. The van der Waals surface area contributed by atoms with Crippen molar-refractivity contribution in [1.82, 2.24) is 15.3 Å². The molecule has 0 bridgehead atoms. The Labute approximate surface area is 137 Å². The van der Waals surface area contributed by atoms with Gasteiger partial charge in [0.15, 0.2) is 5.82 Å². The predicted octanol–water partition coefficient (Wildman–Crippen LogP) is 2.97. The first-order valence-electron chi connectivity index (χ1n) is 8.32. The second-order valence-electron chi connectivity index (χ2n) is 6.09. The lowest BCUT2D eigenvalue weighted by Gasteiger charge is -2.23. The third-order valence-electron chi connectivity index (χ3n) is 4.34. The zero-order chi connectivity index (χ0) is 16.1. The first kappa shape index (κ1) is 15.7. The Morgan fingerprint density at radius 2 is 2.22 bits per heavy atom. The summed E-state index contributed by atoms with van der Waals surface area (Å²) in [5.41, 5.74) is 1.99. The molecule has 1 fully saturated rings. The summed E-state index contributed by atoms with van der Waals surface area (Å²) in [4.78, 5) is 8.76. The summed E-state index contributed by atoms with van der Waals surface area (Å²) in [7, 11) is 1.83. The van der Waals surface area contributed by atoms with Gasteiger partial charge < -0.3 is 15.7 Å². The molecular formula is C18H24N4O. The topological polar surface area (TPSA) is 70.1 Å². The smallest absolute Gasteiger partial charge is 0.161 e. The highest BCUT2D eigenvalue weighted by molar-refractivity contribution is 5.60. The van der Waals surface area contributed by atoms with Gasteiger partial charge in [0.1, 0.15) is 11.6 Å². The minimum absolute atomic E-state index is 0.271. The van der Waals surface area contributed by atoms with E-state index in [-0.39, 0.29) is 5.75 Å². The first-order valence-corrected chi connectivity index (χ1v) is 8.32. The number of benzene rings is 1. The van der Waals surface area contributed by atoms with Gasteiger partial charge in [0, 0.05) is 24.8 Å². The van der Waals surface area contributed by atoms with Gasteiger partial charge in [0.2, 0.25) is 0 Å². The van der Waals surface area contributed by atoms with Gasteiger partial charge in [-0.15, -0.1) is 0 Å². The van der Waals surface area contributed by atoms with E-state index in [0.29, 0.717) is 11.9 Å². The maximum atomic E-state index is 10.0. The lowest BCUT2D eigenvalue weighted by molar-refractivity contribution is 0.382. The van der Waals surface area contributed by atoms with Gasteiger partial charge in [-0.3, -0.25) is 0 Å². The van der Waals surface area contributed by atoms with Crippen LogP contribution >= 0.6 is 0 Å². The Bertz CT molecular complexity index is 653. The predicted molar refractivity (Wildman–Crippen MR) is 92.6 cm³/mol. The van der Waals surface area contributed by atoms with Crippen LogP contribution in [0.2, 0.25) is 0 Å². The van der Waals surface area contributed by atoms with Gasteiger partial charge in [-0.25, -0.2) is 9.97 Å². The van der Waals surface area contributed by atoms with Crippen LogP contribution in [0.15, 0.2) is 30.5 Å². The molecule has 1 saturated heterocycles. The molecule has 1 aliphatic heterocycles. The van der Waals surface area contributed by atoms with Crippen LogP contribution < -0.4 is 10.6 Å². The standard InChI is InChI=1S/C18H24N4O/c1-19-17-7-9-21-18(22-17)14-10-13(11-16(23)12-14)5-6-15-4-2-3-8-20-15/h7,9-12,15,20,23H,2-6,8H2,1H3,(H,19,21,22). The Balaban J connectivity index is 1.75. The van der Waals surface area contributed by atoms with Gasteiger partial charge in [-0.05, 0) is 62.1 Å². The molecule has 1 atom stereocenters. The van der Waals surface area contributed by atoms with E-state index in [2.05, 4.69) is 26.7 Å². The SMILES string of the molecule is CNc1ccnc(-c2cc(O)cc(CCC3CCCCN3)c2)n1. The van der Waals surface area contributed by atoms with Crippen LogP contribution in [0.1, 0.15) is 31.2 Å². The fourth-order valence-corrected chi connectivity index (χ4v) is 3.10. The van der Waals surface area contributed by atoms with E-state index in [1.807, 2.05) is 19.2 Å². The van der Waals surface area contributed by atoms with Crippen molar-refractivity contribution in [1.29, 1.82) is 0 Å². The highest BCUT2D eigenvalue weighted by Gasteiger charge is 2.13. The van der Waals surface area contributed by atoms with Gasteiger partial charge >= 0.3 is 0 Å². The maximum Gasteiger partial charge on any atom is 0.161 e. The molecule has 0 spiro atoms. The Morgan fingerprint density at radius 3 is 3.00 bits per heavy atom. The molecule has 122 valence electrons. The van der Waals surface area contributed by atoms with E-state index >= 15 is 0 Å². The normalized spacial score (nSPS) is 17.9. The molecule has 2 heterocycles. The Morgan fingerprint density at radius 1 is 1.30 bits per heavy atom. The maximum absolute atomic E-state index is 10.0. The monoisotopic (exact) mass is 312 g/mol. The second kappa shape index (κ2) is 7.42. The molecule has 1 aromatic carbocycles. The number of aromatic nitrogens is 2. The molecular weight excluding hydrogens is 288 g/mol. The molecule has 0 radical (unpaired) electrons. The minimum atomic E-state index is 0.271. The van der Waals surface area contributed by atoms with Crippen LogP contribution in [0.3, 0.4) is 0 Å². The third kappa shape index (κ3) is 4.20. The molecule has 1 aliphatic rings. The molecule has 5 nitrogen and oxygen atoms in total. The molecule has 1 unspecified atom stereocenters. The third-order valence-corrected chi connectivity index (χ3v) is 4.34. The second-order valence-corrected chi connectivity index (χ2v) is 6.09. The highest BCUT2D eigenvalue weighted by Crippen LogP contribution is 2.25. The molecule has 5 heteroatoms. The van der Waals surface area contributed by atoms with Crippen LogP contribution in [0.4, 0.5) is 5.82 Å². The molecule has 2 aromatic rings. The summed E-state index contributed by atoms with van der Waals surface area (Å²) < 4.78 is 0. The number of aromatic hydroxyl groups is 1. The van der Waals surface area contributed by atoms with E-state index < -0.39 is 0 Å². The summed E-state index contributed by atoms with van der Waals surface area (Å²) in [5.74, 6) is 1.67. The van der Waals surface area contributed by atoms with Gasteiger partial charge in [0.05, 0.1) is 0 Å². The average Bonchev–Trinajstić information content (AvgIpc) is 2.60. The zero-order valence-electron chi connectivity index (χ0n) is 13.5. The Hall–Kier alpha value is -2.14. The van der Waals surface area contributed by atoms with Crippen molar-refractivity contribution in [2.24, 2.45) is 0 Å². The summed E-state index contributed by atoms with van der Waals surface area (Å²) in [6, 6.07) is 8.06. The number of nitrogens with one attached hydrogen (secondary N) is 2. The fourth-order valence-electron chi connectivity index (χ4n) is 3.10. The lowest BCUT2D eigenvalue weighted by Crippen LogP contribution is -2.34. The summed E-state index contributed by atoms with van der Waals surface area (Å²) in [6.45, 7) is 1.13. The zero-order valence-corrected chi connectivity index (χ0v) is 13.5. The number of hydrogen-bond donors (Lipinski definition) is 3. The summed E-state index contributed by atoms with van der Waals surface area (Å²) in [6.07, 6.45) is 7.62. The van der Waals surface area contributed by atoms with Crippen molar-refractivity contribution in [3.63, 3.8) is 0 Å². The Kier molecular flexibility index (Phi) is 5.08. The van der Waals surface area contributed by atoms with Crippen LogP contribution in [0.5, 0.6) is 5.75 Å². The van der Waals surface area contributed by atoms with Crippen LogP contribution in [0, 0.1) is 0 Å². The summed E-state index contributed by atoms with van der Waals surface area (Å²) >= 11 is 0. The molecule has 23 heavy (non-hydrogen) atoms. The number of piperidine rings is 1. The van der Waals surface area contributed by atoms with Gasteiger partial charge in [-0.2, -0.15) is 0 Å². The number of phenols is 1. The van der Waals surface area contributed by atoms with Crippen molar-refractivity contribution in [2.45, 2.75) is 38.1 Å². The van der Waals surface area contributed by atoms with Crippen LogP contribution in [-0.4, -0.2) is 34.7 Å². The van der Waals surface area contributed by atoms with Crippen molar-refractivity contribution < 1.29 is 5.11 Å². The van der Waals surface area contributed by atoms with Crippen LogP contribution in [0.25, 0.3) is 11.4 Å². The fraction of sp³-hybridized carbons (Fsp3) is 0.444. The van der Waals surface area contributed by atoms with Gasteiger partial charge in [-0.1, -0.05) is 6.42 Å². The van der Waals surface area contributed by atoms with Gasteiger partial charge in [0.25, 0.3) is 0 Å². The number of aryl methyl sites for hydroxylation is 1. The largest absolute Gasteiger partial charge is 0.508 e. The highest BCUT2D eigenvalue weighted by atomic mass is 16.3. The minimum Gasteiger partial charge on any atom is -0.508 e. The number of anilines is 1. The van der Waals surface area contributed by atoms with Crippen molar-refractivity contribution in [2.75, 3.05) is 18.9 Å². The average molecular weight is 312 g/mol. The molecule has 3 N–H and O–H groups in total. The first-order chi connectivity index (χ1) is 11.2. The lowest BCUT2D eigenvalue weighted by atomic mass is 9.97. The molecule has 0 aliphatic carbocycles. The summed E-state index contributed by atoms with van der Waals surface area (Å²) in [5, 5.41) is 16.6. The van der Waals surface area contributed by atoms with Crippen molar-refractivity contribution >= 4 is 5.82 Å². The molecule has 0 saturated carbocycles. The van der Waals surface area contributed by atoms with Crippen molar-refractivity contribution in [3.05, 3.63) is 36.0 Å².